The van der Waals surface area contributed by atoms with Crippen molar-refractivity contribution in [1.29, 1.82) is 0 Å². The van der Waals surface area contributed by atoms with Gasteiger partial charge in [0.05, 0.1) is 6.04 Å². The summed E-state index contributed by atoms with van der Waals surface area (Å²) >= 11 is 0. The van der Waals surface area contributed by atoms with Crippen LogP contribution in [0, 0.1) is 5.92 Å². The Bertz CT molecular complexity index is 776. The van der Waals surface area contributed by atoms with Crippen molar-refractivity contribution in [3.63, 3.8) is 0 Å². The molecule has 2 atom stereocenters. The fraction of sp³-hybridized carbons (Fsp3) is 0.391. The van der Waals surface area contributed by atoms with Crippen LogP contribution in [0.1, 0.15) is 31.4 Å². The first-order valence-corrected chi connectivity index (χ1v) is 10.0. The molecule has 0 bridgehead atoms. The van der Waals surface area contributed by atoms with Gasteiger partial charge >= 0.3 is 0 Å². The summed E-state index contributed by atoms with van der Waals surface area (Å²) in [6, 6.07) is 15.1. The Morgan fingerprint density at radius 1 is 0.966 bits per heavy atom. The molecule has 0 radical (unpaired) electrons. The number of hydrogen-bond acceptors (Lipinski definition) is 4. The van der Waals surface area contributed by atoms with E-state index in [2.05, 4.69) is 10.6 Å². The van der Waals surface area contributed by atoms with Gasteiger partial charge in [0.25, 0.3) is 0 Å². The number of nitrogens with one attached hydrogen (secondary N) is 2. The van der Waals surface area contributed by atoms with E-state index in [1.165, 1.54) is 0 Å². The number of phenolic OH excluding ortho intramolecular Hbond substituents is 1. The van der Waals surface area contributed by atoms with Crippen molar-refractivity contribution in [2.75, 3.05) is 6.54 Å². The van der Waals surface area contributed by atoms with Gasteiger partial charge in [-0.05, 0) is 48.4 Å². The molecular formula is C23H31N3O3. The van der Waals surface area contributed by atoms with Gasteiger partial charge in [0.2, 0.25) is 11.8 Å². The maximum Gasteiger partial charge on any atom is 0.242 e. The van der Waals surface area contributed by atoms with Crippen LogP contribution in [-0.4, -0.2) is 35.5 Å². The number of nitrogens with two attached hydrogens (primary N) is 1. The molecule has 2 aromatic carbocycles. The van der Waals surface area contributed by atoms with E-state index in [4.69, 9.17) is 5.73 Å². The molecule has 0 spiro atoms. The minimum atomic E-state index is -0.772. The SMILES string of the molecule is CC(C)C[C@H](NC(=O)[C@@H](N)Cc1ccc(O)cc1)C(=O)NCCc1ccccc1. The number of hydrogen-bond donors (Lipinski definition) is 4. The second kappa shape index (κ2) is 11.2. The first-order valence-electron chi connectivity index (χ1n) is 10.0. The van der Waals surface area contributed by atoms with Gasteiger partial charge in [-0.25, -0.2) is 0 Å². The Morgan fingerprint density at radius 3 is 2.24 bits per heavy atom. The maximum atomic E-state index is 12.6. The van der Waals surface area contributed by atoms with E-state index in [1.807, 2.05) is 44.2 Å². The van der Waals surface area contributed by atoms with Crippen molar-refractivity contribution >= 4 is 11.8 Å². The zero-order valence-corrected chi connectivity index (χ0v) is 17.1. The molecule has 6 nitrogen and oxygen atoms in total. The monoisotopic (exact) mass is 397 g/mol. The molecule has 156 valence electrons. The second-order valence-electron chi connectivity index (χ2n) is 7.69. The van der Waals surface area contributed by atoms with Crippen LogP contribution in [0.5, 0.6) is 5.75 Å². The summed E-state index contributed by atoms with van der Waals surface area (Å²) in [5.74, 6) is -0.147. The molecule has 0 aromatic heterocycles. The van der Waals surface area contributed by atoms with Crippen molar-refractivity contribution in [2.24, 2.45) is 11.7 Å². The third-order valence-electron chi connectivity index (χ3n) is 4.62. The normalized spacial score (nSPS) is 13.0. The Morgan fingerprint density at radius 2 is 1.62 bits per heavy atom. The number of carbonyl (C=O) groups is 2. The van der Waals surface area contributed by atoms with Gasteiger partial charge in [0.15, 0.2) is 0 Å². The van der Waals surface area contributed by atoms with Crippen LogP contribution in [0.2, 0.25) is 0 Å². The van der Waals surface area contributed by atoms with E-state index < -0.39 is 12.1 Å². The van der Waals surface area contributed by atoms with E-state index in [-0.39, 0.29) is 23.5 Å². The van der Waals surface area contributed by atoms with E-state index in [1.54, 1.807) is 24.3 Å². The molecule has 0 saturated heterocycles. The molecule has 2 rings (SSSR count). The zero-order chi connectivity index (χ0) is 21.2. The summed E-state index contributed by atoms with van der Waals surface area (Å²) in [5, 5.41) is 15.1. The van der Waals surface area contributed by atoms with Crippen molar-refractivity contribution in [3.8, 4) is 5.75 Å². The minimum Gasteiger partial charge on any atom is -0.508 e. The summed E-state index contributed by atoms with van der Waals surface area (Å²) in [4.78, 5) is 25.2. The predicted octanol–water partition coefficient (Wildman–Crippen LogP) is 2.15. The molecule has 0 heterocycles. The summed E-state index contributed by atoms with van der Waals surface area (Å²) < 4.78 is 0. The van der Waals surface area contributed by atoms with Crippen LogP contribution < -0.4 is 16.4 Å². The molecule has 0 aliphatic carbocycles. The first-order chi connectivity index (χ1) is 13.8. The van der Waals surface area contributed by atoms with Gasteiger partial charge in [-0.1, -0.05) is 56.3 Å². The highest BCUT2D eigenvalue weighted by molar-refractivity contribution is 5.89. The lowest BCUT2D eigenvalue weighted by Gasteiger charge is -2.22. The first kappa shape index (κ1) is 22.4. The summed E-state index contributed by atoms with van der Waals surface area (Å²) in [6.45, 7) is 4.52. The van der Waals surface area contributed by atoms with Gasteiger partial charge in [0.1, 0.15) is 11.8 Å². The average Bonchev–Trinajstić information content (AvgIpc) is 2.69. The predicted molar refractivity (Wildman–Crippen MR) is 114 cm³/mol. The second-order valence-corrected chi connectivity index (χ2v) is 7.69. The Balaban J connectivity index is 1.89. The molecule has 2 amide bonds. The van der Waals surface area contributed by atoms with Crippen LogP contribution in [-0.2, 0) is 22.4 Å². The highest BCUT2D eigenvalue weighted by Crippen LogP contribution is 2.11. The van der Waals surface area contributed by atoms with Gasteiger partial charge in [0, 0.05) is 6.54 Å². The highest BCUT2D eigenvalue weighted by atomic mass is 16.3. The van der Waals surface area contributed by atoms with Crippen molar-refractivity contribution < 1.29 is 14.7 Å². The van der Waals surface area contributed by atoms with Crippen molar-refractivity contribution in [1.82, 2.24) is 10.6 Å². The minimum absolute atomic E-state index is 0.163. The fourth-order valence-electron chi connectivity index (χ4n) is 3.06. The molecule has 0 saturated carbocycles. The lowest BCUT2D eigenvalue weighted by atomic mass is 10.0. The fourth-order valence-corrected chi connectivity index (χ4v) is 3.06. The standard InChI is InChI=1S/C23H31N3O3/c1-16(2)14-21(23(29)25-13-12-17-6-4-3-5-7-17)26-22(28)20(24)15-18-8-10-19(27)11-9-18/h3-11,16,20-21,27H,12-15,24H2,1-2H3,(H,25,29)(H,26,28)/t20-,21-/m0/s1. The van der Waals surface area contributed by atoms with E-state index in [0.717, 1.165) is 17.5 Å². The lowest BCUT2D eigenvalue weighted by Crippen LogP contribution is -2.52. The number of aromatic hydroxyl groups is 1. The number of phenols is 1. The van der Waals surface area contributed by atoms with Crippen LogP contribution in [0.25, 0.3) is 0 Å². The third-order valence-corrected chi connectivity index (χ3v) is 4.62. The van der Waals surface area contributed by atoms with E-state index >= 15 is 0 Å². The summed E-state index contributed by atoms with van der Waals surface area (Å²) in [7, 11) is 0. The number of amides is 2. The number of carbonyl (C=O) groups excluding carboxylic acids is 2. The lowest BCUT2D eigenvalue weighted by molar-refractivity contribution is -0.130. The molecule has 0 unspecified atom stereocenters. The van der Waals surface area contributed by atoms with Crippen LogP contribution in [0.4, 0.5) is 0 Å². The van der Waals surface area contributed by atoms with Crippen molar-refractivity contribution in [2.45, 2.75) is 45.2 Å². The van der Waals surface area contributed by atoms with E-state index in [9.17, 15) is 14.7 Å². The van der Waals surface area contributed by atoms with Crippen LogP contribution in [0.3, 0.4) is 0 Å². The van der Waals surface area contributed by atoms with Gasteiger partial charge in [-0.3, -0.25) is 9.59 Å². The highest BCUT2D eigenvalue weighted by Gasteiger charge is 2.24. The number of rotatable bonds is 10. The zero-order valence-electron chi connectivity index (χ0n) is 17.1. The molecule has 5 N–H and O–H groups in total. The van der Waals surface area contributed by atoms with E-state index in [0.29, 0.717) is 19.4 Å². The Hall–Kier alpha value is -2.86. The molecule has 0 aliphatic heterocycles. The van der Waals surface area contributed by atoms with Gasteiger partial charge in [-0.2, -0.15) is 0 Å². The maximum absolute atomic E-state index is 12.6. The summed E-state index contributed by atoms with van der Waals surface area (Å²) in [6.07, 6.45) is 1.60. The molecular weight excluding hydrogens is 366 g/mol. The average molecular weight is 398 g/mol. The van der Waals surface area contributed by atoms with Crippen LogP contribution >= 0.6 is 0 Å². The smallest absolute Gasteiger partial charge is 0.242 e. The molecule has 2 aromatic rings. The van der Waals surface area contributed by atoms with Crippen molar-refractivity contribution in [3.05, 3.63) is 65.7 Å². The molecule has 29 heavy (non-hydrogen) atoms. The van der Waals surface area contributed by atoms with Gasteiger partial charge in [-0.15, -0.1) is 0 Å². The third kappa shape index (κ3) is 7.95. The Kier molecular flexibility index (Phi) is 8.68. The number of benzene rings is 2. The van der Waals surface area contributed by atoms with Crippen LogP contribution in [0.15, 0.2) is 54.6 Å². The largest absolute Gasteiger partial charge is 0.508 e. The Labute approximate surface area is 172 Å². The molecule has 0 aliphatic rings. The molecule has 0 fully saturated rings. The quantitative estimate of drug-likeness (QED) is 0.493. The summed E-state index contributed by atoms with van der Waals surface area (Å²) in [5.41, 5.74) is 8.03. The topological polar surface area (TPSA) is 104 Å². The van der Waals surface area contributed by atoms with Gasteiger partial charge < -0.3 is 21.5 Å². The molecule has 6 heteroatoms.